The fourth-order valence-electron chi connectivity index (χ4n) is 2.36. The summed E-state index contributed by atoms with van der Waals surface area (Å²) in [4.78, 5) is 26.3. The summed E-state index contributed by atoms with van der Waals surface area (Å²) < 4.78 is 10.3. The Morgan fingerprint density at radius 2 is 2.00 bits per heavy atom. The molecule has 2 rings (SSSR count). The summed E-state index contributed by atoms with van der Waals surface area (Å²) in [5, 5.41) is 8.97. The topological polar surface area (TPSA) is 83.2 Å². The molecule has 1 aromatic heterocycles. The second-order valence-electron chi connectivity index (χ2n) is 4.99. The lowest BCUT2D eigenvalue weighted by atomic mass is 10.2. The molecule has 7 heteroatoms. The van der Waals surface area contributed by atoms with Crippen LogP contribution in [0, 0.1) is 6.92 Å². The molecule has 116 valence electrons. The van der Waals surface area contributed by atoms with Crippen LogP contribution in [-0.4, -0.2) is 59.8 Å². The zero-order valence-corrected chi connectivity index (χ0v) is 12.3. The number of carboxylic acid groups (broad SMARTS) is 1. The number of amides is 1. The zero-order chi connectivity index (χ0) is 15.4. The fourth-order valence-corrected chi connectivity index (χ4v) is 2.36. The molecule has 0 aliphatic carbocycles. The minimum absolute atomic E-state index is 0.00448. The monoisotopic (exact) mass is 296 g/mol. The Kier molecular flexibility index (Phi) is 4.85. The smallest absolute Gasteiger partial charge is 0.409 e. The molecule has 1 N–H and O–H groups in total. The molecule has 0 unspecified atom stereocenters. The summed E-state index contributed by atoms with van der Waals surface area (Å²) in [7, 11) is 0. The van der Waals surface area contributed by atoms with Crippen LogP contribution in [-0.2, 0) is 11.3 Å². The number of aromatic carboxylic acids is 1. The van der Waals surface area contributed by atoms with E-state index in [0.29, 0.717) is 50.7 Å². The molecule has 1 saturated heterocycles. The van der Waals surface area contributed by atoms with Gasteiger partial charge in [0.25, 0.3) is 0 Å². The highest BCUT2D eigenvalue weighted by Crippen LogP contribution is 2.17. The van der Waals surface area contributed by atoms with Crippen LogP contribution in [0.1, 0.15) is 28.8 Å². The third kappa shape index (κ3) is 3.75. The van der Waals surface area contributed by atoms with E-state index in [1.807, 2.05) is 0 Å². The van der Waals surface area contributed by atoms with Gasteiger partial charge >= 0.3 is 12.1 Å². The predicted octanol–water partition coefficient (Wildman–Crippen LogP) is 1.56. The van der Waals surface area contributed by atoms with Gasteiger partial charge in [0.05, 0.1) is 13.2 Å². The van der Waals surface area contributed by atoms with E-state index in [1.54, 1.807) is 24.8 Å². The Balaban J connectivity index is 1.87. The molecule has 7 nitrogen and oxygen atoms in total. The van der Waals surface area contributed by atoms with Crippen LogP contribution in [0.5, 0.6) is 0 Å². The number of furan rings is 1. The number of rotatable bonds is 4. The van der Waals surface area contributed by atoms with Gasteiger partial charge in [-0.1, -0.05) is 0 Å². The SMILES string of the molecule is CCOC(=O)N1CCN(Cc2cc(C)c(C(=O)O)o2)CC1. The number of carboxylic acids is 1. The Morgan fingerprint density at radius 3 is 2.52 bits per heavy atom. The number of piperazine rings is 1. The van der Waals surface area contributed by atoms with Crippen LogP contribution < -0.4 is 0 Å². The van der Waals surface area contributed by atoms with Crippen molar-refractivity contribution in [2.45, 2.75) is 20.4 Å². The quantitative estimate of drug-likeness (QED) is 0.908. The largest absolute Gasteiger partial charge is 0.475 e. The van der Waals surface area contributed by atoms with Crippen LogP contribution in [0.3, 0.4) is 0 Å². The lowest BCUT2D eigenvalue weighted by Crippen LogP contribution is -2.48. The zero-order valence-electron chi connectivity index (χ0n) is 12.3. The first-order valence-corrected chi connectivity index (χ1v) is 6.98. The van der Waals surface area contributed by atoms with Crippen molar-refractivity contribution in [1.82, 2.24) is 9.80 Å². The Labute approximate surface area is 123 Å². The molecular formula is C14H20N2O5. The van der Waals surface area contributed by atoms with E-state index in [4.69, 9.17) is 14.3 Å². The van der Waals surface area contributed by atoms with E-state index in [9.17, 15) is 9.59 Å². The number of nitrogens with zero attached hydrogens (tertiary/aromatic N) is 2. The summed E-state index contributed by atoms with van der Waals surface area (Å²) in [6.07, 6.45) is -0.279. The molecule has 0 spiro atoms. The number of carbonyl (C=O) groups excluding carboxylic acids is 1. The molecule has 0 saturated carbocycles. The first-order chi connectivity index (χ1) is 10.0. The molecule has 0 atom stereocenters. The van der Waals surface area contributed by atoms with Gasteiger partial charge in [0, 0.05) is 31.7 Å². The van der Waals surface area contributed by atoms with Gasteiger partial charge in [0.15, 0.2) is 0 Å². The fraction of sp³-hybridized carbons (Fsp3) is 0.571. The number of aryl methyl sites for hydroxylation is 1. The second-order valence-corrected chi connectivity index (χ2v) is 4.99. The third-order valence-electron chi connectivity index (χ3n) is 3.44. The summed E-state index contributed by atoms with van der Waals surface area (Å²) in [6, 6.07) is 1.75. The highest BCUT2D eigenvalue weighted by molar-refractivity contribution is 5.86. The maximum atomic E-state index is 11.6. The van der Waals surface area contributed by atoms with E-state index in [0.717, 1.165) is 0 Å². The maximum absolute atomic E-state index is 11.6. The van der Waals surface area contributed by atoms with E-state index in [1.165, 1.54) is 0 Å². The highest BCUT2D eigenvalue weighted by atomic mass is 16.6. The summed E-state index contributed by atoms with van der Waals surface area (Å²) in [5.41, 5.74) is 0.627. The summed E-state index contributed by atoms with van der Waals surface area (Å²) in [5.74, 6) is -0.421. The lowest BCUT2D eigenvalue weighted by molar-refractivity contribution is 0.0645. The van der Waals surface area contributed by atoms with Gasteiger partial charge in [0.1, 0.15) is 5.76 Å². The number of ether oxygens (including phenoxy) is 1. The predicted molar refractivity (Wildman–Crippen MR) is 74.3 cm³/mol. The highest BCUT2D eigenvalue weighted by Gasteiger charge is 2.23. The average Bonchev–Trinajstić information content (AvgIpc) is 2.81. The second kappa shape index (κ2) is 6.62. The van der Waals surface area contributed by atoms with Crippen molar-refractivity contribution in [2.24, 2.45) is 0 Å². The summed E-state index contributed by atoms with van der Waals surface area (Å²) >= 11 is 0. The van der Waals surface area contributed by atoms with Crippen molar-refractivity contribution < 1.29 is 23.8 Å². The lowest BCUT2D eigenvalue weighted by Gasteiger charge is -2.33. The van der Waals surface area contributed by atoms with Crippen LogP contribution in [0.2, 0.25) is 0 Å². The Morgan fingerprint density at radius 1 is 1.33 bits per heavy atom. The van der Waals surface area contributed by atoms with Crippen molar-refractivity contribution in [1.29, 1.82) is 0 Å². The first kappa shape index (κ1) is 15.4. The third-order valence-corrected chi connectivity index (χ3v) is 3.44. The van der Waals surface area contributed by atoms with Gasteiger partial charge < -0.3 is 19.2 Å². The normalized spacial score (nSPS) is 16.0. The van der Waals surface area contributed by atoms with Gasteiger partial charge in [-0.25, -0.2) is 9.59 Å². The van der Waals surface area contributed by atoms with Gasteiger partial charge in [-0.3, -0.25) is 4.90 Å². The Hall–Kier alpha value is -2.02. The molecule has 0 radical (unpaired) electrons. The molecule has 0 bridgehead atoms. The van der Waals surface area contributed by atoms with E-state index in [-0.39, 0.29) is 11.9 Å². The van der Waals surface area contributed by atoms with E-state index >= 15 is 0 Å². The standard InChI is InChI=1S/C14H20N2O5/c1-3-20-14(19)16-6-4-15(5-7-16)9-11-8-10(2)12(21-11)13(17)18/h8H,3-7,9H2,1-2H3,(H,17,18). The first-order valence-electron chi connectivity index (χ1n) is 6.98. The van der Waals surface area contributed by atoms with Crippen LogP contribution in [0.15, 0.2) is 10.5 Å². The molecule has 21 heavy (non-hydrogen) atoms. The van der Waals surface area contributed by atoms with Crippen molar-refractivity contribution >= 4 is 12.1 Å². The minimum Gasteiger partial charge on any atom is -0.475 e. The van der Waals surface area contributed by atoms with Crippen molar-refractivity contribution in [2.75, 3.05) is 32.8 Å². The molecule has 1 fully saturated rings. The molecular weight excluding hydrogens is 276 g/mol. The Bertz CT molecular complexity index is 517. The van der Waals surface area contributed by atoms with Gasteiger partial charge in [-0.15, -0.1) is 0 Å². The van der Waals surface area contributed by atoms with Crippen molar-refractivity contribution in [3.8, 4) is 0 Å². The van der Waals surface area contributed by atoms with Gasteiger partial charge in [0.2, 0.25) is 5.76 Å². The van der Waals surface area contributed by atoms with Crippen molar-refractivity contribution in [3.63, 3.8) is 0 Å². The molecule has 1 aromatic rings. The number of hydrogen-bond donors (Lipinski definition) is 1. The van der Waals surface area contributed by atoms with E-state index < -0.39 is 5.97 Å². The molecule has 1 aliphatic heterocycles. The molecule has 2 heterocycles. The van der Waals surface area contributed by atoms with Gasteiger partial charge in [-0.2, -0.15) is 0 Å². The number of hydrogen-bond acceptors (Lipinski definition) is 5. The van der Waals surface area contributed by atoms with Crippen molar-refractivity contribution in [3.05, 3.63) is 23.2 Å². The molecule has 1 aliphatic rings. The summed E-state index contributed by atoms with van der Waals surface area (Å²) in [6.45, 7) is 7.05. The van der Waals surface area contributed by atoms with Gasteiger partial charge in [-0.05, 0) is 19.9 Å². The molecule has 1 amide bonds. The number of carbonyl (C=O) groups is 2. The minimum atomic E-state index is -1.05. The average molecular weight is 296 g/mol. The van der Waals surface area contributed by atoms with Crippen LogP contribution in [0.25, 0.3) is 0 Å². The van der Waals surface area contributed by atoms with Crippen LogP contribution >= 0.6 is 0 Å². The maximum Gasteiger partial charge on any atom is 0.409 e. The molecule has 0 aromatic carbocycles. The van der Waals surface area contributed by atoms with Crippen LogP contribution in [0.4, 0.5) is 4.79 Å². The van der Waals surface area contributed by atoms with E-state index in [2.05, 4.69) is 4.90 Å².